The highest BCUT2D eigenvalue weighted by Gasteiger charge is 2.24. The minimum atomic E-state index is 0.340. The van der Waals surface area contributed by atoms with E-state index in [1.165, 1.54) is 0 Å². The van der Waals surface area contributed by atoms with Gasteiger partial charge in [0.1, 0.15) is 0 Å². The van der Waals surface area contributed by atoms with E-state index in [0.29, 0.717) is 24.0 Å². The standard InChI is InChI=1S/C15H26O3/c1-11-8-14(4-6-16-11)10-18-13(3)15-5-7-17-12(2)9-15/h11-12,14-15H,3-10H2,1-2H3. The summed E-state index contributed by atoms with van der Waals surface area (Å²) in [5.41, 5.74) is 0. The molecular formula is C15H26O3. The first-order chi connectivity index (χ1) is 8.65. The quantitative estimate of drug-likeness (QED) is 0.721. The van der Waals surface area contributed by atoms with Crippen LogP contribution in [0.4, 0.5) is 0 Å². The minimum absolute atomic E-state index is 0.340. The van der Waals surface area contributed by atoms with Gasteiger partial charge in [-0.1, -0.05) is 6.58 Å². The summed E-state index contributed by atoms with van der Waals surface area (Å²) in [7, 11) is 0. The van der Waals surface area contributed by atoms with E-state index in [1.807, 2.05) is 0 Å². The summed E-state index contributed by atoms with van der Waals surface area (Å²) >= 11 is 0. The van der Waals surface area contributed by atoms with Gasteiger partial charge in [-0.3, -0.25) is 0 Å². The zero-order chi connectivity index (χ0) is 13.0. The Morgan fingerprint density at radius 1 is 1.11 bits per heavy atom. The van der Waals surface area contributed by atoms with Crippen LogP contribution < -0.4 is 0 Å². The summed E-state index contributed by atoms with van der Waals surface area (Å²) in [4.78, 5) is 0. The van der Waals surface area contributed by atoms with Crippen LogP contribution in [0.3, 0.4) is 0 Å². The fraction of sp³-hybridized carbons (Fsp3) is 0.867. The van der Waals surface area contributed by atoms with Gasteiger partial charge < -0.3 is 14.2 Å². The molecule has 0 saturated carbocycles. The lowest BCUT2D eigenvalue weighted by atomic mass is 9.94. The lowest BCUT2D eigenvalue weighted by molar-refractivity contribution is -0.0270. The molecule has 0 aromatic carbocycles. The van der Waals surface area contributed by atoms with Crippen molar-refractivity contribution in [2.24, 2.45) is 11.8 Å². The Morgan fingerprint density at radius 2 is 1.78 bits per heavy atom. The van der Waals surface area contributed by atoms with Crippen LogP contribution in [0.25, 0.3) is 0 Å². The number of hydrogen-bond donors (Lipinski definition) is 0. The molecule has 2 saturated heterocycles. The van der Waals surface area contributed by atoms with Crippen molar-refractivity contribution in [2.45, 2.75) is 51.7 Å². The van der Waals surface area contributed by atoms with Crippen LogP contribution in [0.15, 0.2) is 12.3 Å². The maximum atomic E-state index is 5.91. The van der Waals surface area contributed by atoms with Crippen LogP contribution in [0.5, 0.6) is 0 Å². The SMILES string of the molecule is C=C(OCC1CCOC(C)C1)C1CCOC(C)C1. The zero-order valence-corrected chi connectivity index (χ0v) is 11.7. The van der Waals surface area contributed by atoms with E-state index < -0.39 is 0 Å². The first kappa shape index (κ1) is 13.9. The van der Waals surface area contributed by atoms with Crippen molar-refractivity contribution < 1.29 is 14.2 Å². The Labute approximate surface area is 110 Å². The summed E-state index contributed by atoms with van der Waals surface area (Å²) in [6, 6.07) is 0. The Morgan fingerprint density at radius 3 is 2.44 bits per heavy atom. The smallest absolute Gasteiger partial charge is 0.0921 e. The molecule has 2 aliphatic heterocycles. The second-order valence-electron chi connectivity index (χ2n) is 5.75. The van der Waals surface area contributed by atoms with Crippen LogP contribution >= 0.6 is 0 Å². The Kier molecular flexibility index (Phi) is 5.07. The summed E-state index contributed by atoms with van der Waals surface area (Å²) < 4.78 is 17.0. The third-order valence-electron chi connectivity index (χ3n) is 4.04. The van der Waals surface area contributed by atoms with Crippen molar-refractivity contribution in [2.75, 3.05) is 19.8 Å². The number of allylic oxidation sites excluding steroid dienone is 1. The third-order valence-corrected chi connectivity index (χ3v) is 4.04. The number of ether oxygens (including phenoxy) is 3. The van der Waals surface area contributed by atoms with E-state index in [4.69, 9.17) is 14.2 Å². The number of hydrogen-bond acceptors (Lipinski definition) is 3. The predicted octanol–water partition coefficient (Wildman–Crippen LogP) is 3.15. The second kappa shape index (κ2) is 6.58. The van der Waals surface area contributed by atoms with Crippen LogP contribution in [0, 0.1) is 11.8 Å². The molecule has 0 aromatic rings. The molecule has 0 N–H and O–H groups in total. The lowest BCUT2D eigenvalue weighted by Gasteiger charge is -2.31. The first-order valence-electron chi connectivity index (χ1n) is 7.20. The molecule has 0 spiro atoms. The van der Waals surface area contributed by atoms with Gasteiger partial charge >= 0.3 is 0 Å². The predicted molar refractivity (Wildman–Crippen MR) is 71.4 cm³/mol. The fourth-order valence-electron chi connectivity index (χ4n) is 2.88. The molecule has 4 unspecified atom stereocenters. The monoisotopic (exact) mass is 254 g/mol. The maximum absolute atomic E-state index is 5.91. The summed E-state index contributed by atoms with van der Waals surface area (Å²) in [6.45, 7) is 10.9. The van der Waals surface area contributed by atoms with Gasteiger partial charge in [-0.15, -0.1) is 0 Å². The van der Waals surface area contributed by atoms with Crippen molar-refractivity contribution in [3.8, 4) is 0 Å². The van der Waals surface area contributed by atoms with Gasteiger partial charge in [-0.05, 0) is 45.4 Å². The molecule has 104 valence electrons. The van der Waals surface area contributed by atoms with Crippen LogP contribution in [-0.2, 0) is 14.2 Å². The second-order valence-corrected chi connectivity index (χ2v) is 5.75. The van der Waals surface area contributed by atoms with E-state index in [-0.39, 0.29) is 0 Å². The van der Waals surface area contributed by atoms with Gasteiger partial charge in [0.25, 0.3) is 0 Å². The molecule has 0 aliphatic carbocycles. The van der Waals surface area contributed by atoms with Gasteiger partial charge in [-0.2, -0.15) is 0 Å². The zero-order valence-electron chi connectivity index (χ0n) is 11.7. The molecule has 2 rings (SSSR count). The van der Waals surface area contributed by atoms with Crippen LogP contribution in [0.1, 0.15) is 39.5 Å². The van der Waals surface area contributed by atoms with Gasteiger partial charge in [0.2, 0.25) is 0 Å². The molecular weight excluding hydrogens is 228 g/mol. The Hall–Kier alpha value is -0.540. The highest BCUT2D eigenvalue weighted by molar-refractivity contribution is 4.94. The third kappa shape index (κ3) is 3.99. The van der Waals surface area contributed by atoms with E-state index >= 15 is 0 Å². The normalized spacial score (nSPS) is 37.2. The topological polar surface area (TPSA) is 27.7 Å². The van der Waals surface area contributed by atoms with Gasteiger partial charge in [0, 0.05) is 19.1 Å². The van der Waals surface area contributed by atoms with E-state index in [9.17, 15) is 0 Å². The van der Waals surface area contributed by atoms with Crippen molar-refractivity contribution in [3.63, 3.8) is 0 Å². The van der Waals surface area contributed by atoms with E-state index in [1.54, 1.807) is 0 Å². The largest absolute Gasteiger partial charge is 0.498 e. The first-order valence-corrected chi connectivity index (χ1v) is 7.20. The van der Waals surface area contributed by atoms with E-state index in [0.717, 1.165) is 51.3 Å². The molecule has 3 nitrogen and oxygen atoms in total. The Bertz CT molecular complexity index is 277. The molecule has 3 heteroatoms. The summed E-state index contributed by atoms with van der Waals surface area (Å²) in [5.74, 6) is 2.07. The molecule has 2 fully saturated rings. The van der Waals surface area contributed by atoms with Gasteiger partial charge in [0.05, 0.1) is 24.6 Å². The molecule has 0 radical (unpaired) electrons. The molecule has 0 amide bonds. The van der Waals surface area contributed by atoms with Gasteiger partial charge in [0.15, 0.2) is 0 Å². The number of rotatable bonds is 4. The van der Waals surface area contributed by atoms with Crippen molar-refractivity contribution in [3.05, 3.63) is 12.3 Å². The van der Waals surface area contributed by atoms with Crippen molar-refractivity contribution >= 4 is 0 Å². The summed E-state index contributed by atoms with van der Waals surface area (Å²) in [5, 5.41) is 0. The average molecular weight is 254 g/mol. The highest BCUT2D eigenvalue weighted by atomic mass is 16.5. The maximum Gasteiger partial charge on any atom is 0.0921 e. The average Bonchev–Trinajstić information content (AvgIpc) is 2.36. The molecule has 2 aliphatic rings. The van der Waals surface area contributed by atoms with Crippen molar-refractivity contribution in [1.82, 2.24) is 0 Å². The summed E-state index contributed by atoms with van der Waals surface area (Å²) in [6.07, 6.45) is 5.03. The van der Waals surface area contributed by atoms with Crippen LogP contribution in [-0.4, -0.2) is 32.0 Å². The minimum Gasteiger partial charge on any atom is -0.498 e. The Balaban J connectivity index is 1.70. The van der Waals surface area contributed by atoms with Gasteiger partial charge in [-0.25, -0.2) is 0 Å². The van der Waals surface area contributed by atoms with Crippen molar-refractivity contribution in [1.29, 1.82) is 0 Å². The van der Waals surface area contributed by atoms with Crippen LogP contribution in [0.2, 0.25) is 0 Å². The highest BCUT2D eigenvalue weighted by Crippen LogP contribution is 2.28. The molecule has 4 atom stereocenters. The fourth-order valence-corrected chi connectivity index (χ4v) is 2.88. The van der Waals surface area contributed by atoms with E-state index in [2.05, 4.69) is 20.4 Å². The molecule has 2 heterocycles. The molecule has 18 heavy (non-hydrogen) atoms. The molecule has 0 aromatic heterocycles. The molecule has 0 bridgehead atoms. The lowest BCUT2D eigenvalue weighted by Crippen LogP contribution is -2.28.